The van der Waals surface area contributed by atoms with Crippen LogP contribution in [-0.2, 0) is 11.8 Å². The number of rotatable bonds is 2. The first kappa shape index (κ1) is 17.9. The van der Waals surface area contributed by atoms with Crippen LogP contribution < -0.4 is 5.73 Å². The van der Waals surface area contributed by atoms with E-state index in [0.29, 0.717) is 0 Å². The van der Waals surface area contributed by atoms with E-state index in [4.69, 9.17) is 32.0 Å². The smallest absolute Gasteiger partial charge is 0.0105 e. The molecule has 0 aliphatic carbocycles. The van der Waals surface area contributed by atoms with Crippen molar-refractivity contribution in [1.82, 2.24) is 4.90 Å². The van der Waals surface area contributed by atoms with E-state index in [1.54, 1.807) is 0 Å². The Morgan fingerprint density at radius 3 is 1.45 bits per heavy atom. The Labute approximate surface area is 119 Å². The van der Waals surface area contributed by atoms with Crippen molar-refractivity contribution in [3.63, 3.8) is 0 Å². The van der Waals surface area contributed by atoms with Gasteiger partial charge in [0.1, 0.15) is 0 Å². The molecule has 0 aromatic carbocycles. The Kier molecular flexibility index (Phi) is 7.28. The zero-order valence-electron chi connectivity index (χ0n) is 11.1. The van der Waals surface area contributed by atoms with E-state index < -0.39 is 11.8 Å². The van der Waals surface area contributed by atoms with E-state index in [0.717, 1.165) is 13.1 Å². The number of likely N-dealkylation sites (tertiary alicyclic amines) is 1. The van der Waals surface area contributed by atoms with Gasteiger partial charge in [-0.15, -0.1) is 0 Å². The third-order valence-corrected chi connectivity index (χ3v) is 5.15. The molecular weight excluding hydrogens is 298 g/mol. The van der Waals surface area contributed by atoms with Crippen molar-refractivity contribution < 1.29 is 11.8 Å². The second-order valence-electron chi connectivity index (χ2n) is 3.97. The van der Waals surface area contributed by atoms with Gasteiger partial charge < -0.3 is 10.6 Å². The van der Waals surface area contributed by atoms with Gasteiger partial charge in [0.25, 0.3) is 0 Å². The molecule has 1 saturated heterocycles. The van der Waals surface area contributed by atoms with Crippen molar-refractivity contribution in [2.45, 2.75) is 19.3 Å². The molecule has 2 N–H and O–H groups in total. The zero-order valence-corrected chi connectivity index (χ0v) is 12.2. The van der Waals surface area contributed by atoms with Crippen LogP contribution >= 0.6 is 0 Å². The van der Waals surface area contributed by atoms with Gasteiger partial charge in [-0.2, -0.15) is 0 Å². The summed E-state index contributed by atoms with van der Waals surface area (Å²) in [5, 5.41) is 41.8. The fourth-order valence-electron chi connectivity index (χ4n) is 1.54. The molecule has 0 bridgehead atoms. The topological polar surface area (TPSA) is 148 Å². The van der Waals surface area contributed by atoms with Crippen LogP contribution in [0, 0.1) is 51.1 Å². The van der Waals surface area contributed by atoms with Gasteiger partial charge in [-0.25, -0.2) is 0 Å². The van der Waals surface area contributed by atoms with Gasteiger partial charge in [0.05, 0.1) is 0 Å². The van der Waals surface area contributed by atoms with E-state index in [2.05, 4.69) is 4.90 Å². The molecule has 0 aromatic heterocycles. The van der Waals surface area contributed by atoms with Gasteiger partial charge >= 0.3 is 62.9 Å². The van der Waals surface area contributed by atoms with Crippen molar-refractivity contribution in [1.29, 1.82) is 26.3 Å². The normalized spacial score (nSPS) is 16.3. The van der Waals surface area contributed by atoms with Crippen LogP contribution in [0.2, 0.25) is 0 Å². The first-order valence-corrected chi connectivity index (χ1v) is 8.62. The van der Waals surface area contributed by atoms with E-state index >= 15 is 0 Å². The van der Waals surface area contributed by atoms with Crippen molar-refractivity contribution in [3.05, 3.63) is 0 Å². The molecule has 0 atom stereocenters. The summed E-state index contributed by atoms with van der Waals surface area (Å²) >= 11 is -4.78. The van der Waals surface area contributed by atoms with Gasteiger partial charge in [0.2, 0.25) is 0 Å². The van der Waals surface area contributed by atoms with E-state index in [1.807, 2.05) is 0 Å². The molecule has 0 saturated carbocycles. The summed E-state index contributed by atoms with van der Waals surface area (Å²) in [6.07, 6.45) is 4.17. The summed E-state index contributed by atoms with van der Waals surface area (Å²) in [5.74, 6) is 0. The van der Waals surface area contributed by atoms with Gasteiger partial charge in [-0.05, 0) is 25.9 Å². The number of hydrogen-bond acceptors (Lipinski definition) is 7. The number of nitrogens with zero attached hydrogens (tertiary/aromatic N) is 6. The van der Waals surface area contributed by atoms with Gasteiger partial charge in [-0.1, -0.05) is 6.42 Å². The van der Waals surface area contributed by atoms with Crippen molar-refractivity contribution >= 4 is 0 Å². The van der Waals surface area contributed by atoms with Gasteiger partial charge in [0, 0.05) is 13.1 Å². The van der Waals surface area contributed by atoms with Crippen LogP contribution in [0.3, 0.4) is 0 Å². The summed E-state index contributed by atoms with van der Waals surface area (Å²) < 4.78 is 0. The minimum atomic E-state index is -4.78. The Balaban J connectivity index is 0.000000367. The van der Waals surface area contributed by atoms with E-state index in [9.17, 15) is 0 Å². The van der Waals surface area contributed by atoms with Crippen LogP contribution in [0.4, 0.5) is 0 Å². The molecule has 7 nitrogen and oxygen atoms in total. The van der Waals surface area contributed by atoms with Crippen molar-refractivity contribution in [3.8, 4) is 24.8 Å². The van der Waals surface area contributed by atoms with Gasteiger partial charge in [0.15, 0.2) is 0 Å². The number of piperidine rings is 1. The van der Waals surface area contributed by atoms with Crippen LogP contribution in [0.25, 0.3) is 0 Å². The Morgan fingerprint density at radius 2 is 1.20 bits per heavy atom. The average Bonchev–Trinajstić information content (AvgIpc) is 2.54. The molecule has 8 heteroatoms. The van der Waals surface area contributed by atoms with Crippen LogP contribution in [0.15, 0.2) is 0 Å². The molecule has 1 fully saturated rings. The molecule has 1 rings (SSSR count). The van der Waals surface area contributed by atoms with Crippen LogP contribution in [0.1, 0.15) is 19.3 Å². The quantitative estimate of drug-likeness (QED) is 0.730. The Morgan fingerprint density at radius 1 is 0.800 bits per heavy atom. The number of nitrogens with two attached hydrogens (primary N) is 1. The standard InChI is InChI=1S/C7H16N2.5CN.Fe/c8-4-7-9-5-2-1-3-6-9;5*1-2;/h1-8H2;;;;;;. The third-order valence-electron chi connectivity index (χ3n) is 2.68. The molecule has 0 aromatic rings. The van der Waals surface area contributed by atoms with Crippen LogP contribution in [0.5, 0.6) is 0 Å². The molecule has 1 heterocycles. The minimum absolute atomic E-state index is 0.819. The first-order valence-electron chi connectivity index (χ1n) is 5.86. The Bertz CT molecular complexity index is 429. The summed E-state index contributed by atoms with van der Waals surface area (Å²) in [5.41, 5.74) is 5.42. The second-order valence-corrected chi connectivity index (χ2v) is 7.97. The fraction of sp³-hybridized carbons (Fsp3) is 0.583. The van der Waals surface area contributed by atoms with Crippen molar-refractivity contribution in [2.24, 2.45) is 5.73 Å². The summed E-state index contributed by atoms with van der Waals surface area (Å²) in [6, 6.07) is 0. The molecule has 107 valence electrons. The largest absolute Gasteiger partial charge is 0.329 e. The molecule has 1 aliphatic heterocycles. The molecule has 0 amide bonds. The van der Waals surface area contributed by atoms with Gasteiger partial charge in [-0.3, -0.25) is 0 Å². The predicted molar refractivity (Wildman–Crippen MR) is 67.4 cm³/mol. The third kappa shape index (κ3) is 4.22. The molecule has 0 radical (unpaired) electrons. The molecule has 20 heavy (non-hydrogen) atoms. The summed E-state index contributed by atoms with van der Waals surface area (Å²) in [6.45, 7) is 4.47. The van der Waals surface area contributed by atoms with E-state index in [-0.39, 0.29) is 0 Å². The maximum atomic E-state index is 8.35. The first-order chi connectivity index (χ1) is 9.55. The monoisotopic (exact) mass is 314 g/mol. The molecular formula is C12H16FeN7. The minimum Gasteiger partial charge on any atom is -0.329 e. The number of hydrogen-bond donors (Lipinski definition) is 1. The molecule has 0 spiro atoms. The van der Waals surface area contributed by atoms with Crippen molar-refractivity contribution in [2.75, 3.05) is 26.2 Å². The molecule has 0 unspecified atom stereocenters. The maximum Gasteiger partial charge on any atom is 0.0105 e. The fourth-order valence-corrected chi connectivity index (χ4v) is 2.09. The average molecular weight is 314 g/mol. The zero-order chi connectivity index (χ0) is 15.5. The SMILES string of the molecule is N#[C][Fe]([C]#N)([C]#N)([C]#N)[C]#N.NCCN1CCCCC1. The Hall–Kier alpha value is -2.11. The predicted octanol–water partition coefficient (Wildman–Crippen LogP) is 0.512. The summed E-state index contributed by atoms with van der Waals surface area (Å²) in [4.78, 5) is 8.57. The molecule has 1 aliphatic rings. The maximum absolute atomic E-state index is 8.35. The summed E-state index contributed by atoms with van der Waals surface area (Å²) in [7, 11) is 0. The second kappa shape index (κ2) is 8.14. The number of nitriles is 5. The van der Waals surface area contributed by atoms with Crippen LogP contribution in [-0.4, -0.2) is 31.1 Å². The van der Waals surface area contributed by atoms with E-state index in [1.165, 1.54) is 57.2 Å².